The van der Waals surface area contributed by atoms with Gasteiger partial charge in [-0.2, -0.15) is 0 Å². The van der Waals surface area contributed by atoms with Crippen molar-refractivity contribution in [2.45, 2.75) is 191 Å². The zero-order valence-corrected chi connectivity index (χ0v) is 64.0. The zero-order valence-electron chi connectivity index (χ0n) is 63.3. The first kappa shape index (κ1) is 86.3. The van der Waals surface area contributed by atoms with Crippen molar-refractivity contribution < 1.29 is 67.7 Å². The summed E-state index contributed by atoms with van der Waals surface area (Å²) < 4.78 is 0. The number of amides is 12. The van der Waals surface area contributed by atoms with Gasteiger partial charge in [-0.3, -0.25) is 67.5 Å². The van der Waals surface area contributed by atoms with Crippen LogP contribution in [-0.4, -0.2) is 201 Å². The van der Waals surface area contributed by atoms with E-state index in [1.807, 2.05) is 70.2 Å². The molecule has 30 heteroatoms. The first-order valence-electron chi connectivity index (χ1n) is 37.2. The molecular formula is C80H104ClN15O14. The van der Waals surface area contributed by atoms with Gasteiger partial charge >= 0.3 is 0 Å². The van der Waals surface area contributed by atoms with E-state index in [-0.39, 0.29) is 95.0 Å². The fourth-order valence-corrected chi connectivity index (χ4v) is 12.9. The van der Waals surface area contributed by atoms with Gasteiger partial charge in [0.2, 0.25) is 65.0 Å². The van der Waals surface area contributed by atoms with Gasteiger partial charge in [-0.15, -0.1) is 0 Å². The average molecular weight is 1540 g/mol. The second-order valence-corrected chi connectivity index (χ2v) is 28.9. The Morgan fingerprint density at radius 3 is 1.71 bits per heavy atom. The number of hydrogen-bond acceptors (Lipinski definition) is 17. The zero-order chi connectivity index (χ0) is 80.0. The molecule has 1 saturated heterocycles. The van der Waals surface area contributed by atoms with Crippen molar-refractivity contribution in [2.75, 3.05) is 33.3 Å². The van der Waals surface area contributed by atoms with Crippen molar-refractivity contribution in [2.24, 2.45) is 11.7 Å². The monoisotopic (exact) mass is 1530 g/mol. The number of pyridine rings is 2. The molecule has 0 bridgehead atoms. The lowest BCUT2D eigenvalue weighted by atomic mass is 9.99. The van der Waals surface area contributed by atoms with Gasteiger partial charge < -0.3 is 78.9 Å². The number of aliphatic hydroxyl groups excluding tert-OH is 1. The molecule has 29 nitrogen and oxygen atoms in total. The van der Waals surface area contributed by atoms with E-state index in [0.29, 0.717) is 58.6 Å². The molecule has 590 valence electrons. The molecule has 1 aliphatic rings. The van der Waals surface area contributed by atoms with Crippen LogP contribution in [0, 0.1) is 5.92 Å². The maximum Gasteiger partial charge on any atom is 0.252 e. The number of hydrogen-bond donors (Lipinski definition) is 13. The van der Waals surface area contributed by atoms with Crippen LogP contribution in [0.5, 0.6) is 5.75 Å². The number of nitrogens with zero attached hydrogens (tertiary/aromatic N) is 4. The normalized spacial score (nSPS) is 15.1. The van der Waals surface area contributed by atoms with Crippen LogP contribution in [0.15, 0.2) is 140 Å². The fourth-order valence-electron chi connectivity index (χ4n) is 12.8. The molecule has 0 unspecified atom stereocenters. The highest BCUT2D eigenvalue weighted by Crippen LogP contribution is 2.23. The lowest BCUT2D eigenvalue weighted by Crippen LogP contribution is -2.62. The maximum absolute atomic E-state index is 15.4. The molecule has 7 rings (SSSR count). The van der Waals surface area contributed by atoms with E-state index in [0.717, 1.165) is 15.7 Å². The number of primary amides is 1. The number of aromatic nitrogens is 2. The first-order valence-corrected chi connectivity index (χ1v) is 37.6. The number of aliphatic hydroxyl groups is 1. The molecule has 2 aromatic heterocycles. The minimum atomic E-state index is -1.82. The number of carbonyl (C=O) groups excluding carboxylic acids is 12. The van der Waals surface area contributed by atoms with E-state index in [1.165, 1.54) is 74.8 Å². The third-order valence-corrected chi connectivity index (χ3v) is 19.1. The Balaban J connectivity index is 1.16. The Kier molecular flexibility index (Phi) is 34.0. The summed E-state index contributed by atoms with van der Waals surface area (Å²) >= 11 is 6.26. The quantitative estimate of drug-likeness (QED) is 0.0245. The van der Waals surface area contributed by atoms with Gasteiger partial charge in [0.1, 0.15) is 66.2 Å². The third-order valence-electron chi connectivity index (χ3n) is 18.8. The number of phenols is 1. The minimum absolute atomic E-state index is 0.0319. The molecular weight excluding hydrogens is 1430 g/mol. The second-order valence-electron chi connectivity index (χ2n) is 28.5. The van der Waals surface area contributed by atoms with Crippen LogP contribution in [0.25, 0.3) is 10.8 Å². The summed E-state index contributed by atoms with van der Waals surface area (Å²) in [6.07, 6.45) is 7.57. The van der Waals surface area contributed by atoms with Crippen molar-refractivity contribution >= 4 is 93.3 Å². The molecule has 110 heavy (non-hydrogen) atoms. The number of carbonyl (C=O) groups is 12. The highest BCUT2D eigenvalue weighted by Gasteiger charge is 2.41. The number of benzene rings is 4. The van der Waals surface area contributed by atoms with Crippen LogP contribution < -0.4 is 58.9 Å². The summed E-state index contributed by atoms with van der Waals surface area (Å²) in [4.78, 5) is 181. The lowest BCUT2D eigenvalue weighted by Gasteiger charge is -2.33. The van der Waals surface area contributed by atoms with Crippen LogP contribution in [-0.2, 0) is 78.4 Å². The van der Waals surface area contributed by atoms with Crippen molar-refractivity contribution in [1.29, 1.82) is 0 Å². The predicted molar refractivity (Wildman–Crippen MR) is 414 cm³/mol. The smallest absolute Gasteiger partial charge is 0.252 e. The van der Waals surface area contributed by atoms with Gasteiger partial charge in [-0.1, -0.05) is 112 Å². The number of rotatable bonds is 42. The molecule has 12 amide bonds. The van der Waals surface area contributed by atoms with Crippen molar-refractivity contribution in [3.05, 3.63) is 173 Å². The summed E-state index contributed by atoms with van der Waals surface area (Å²) in [6.45, 7) is 10.2. The lowest BCUT2D eigenvalue weighted by molar-refractivity contribution is -0.144. The fraction of sp³-hybridized carbons (Fsp3) is 0.450. The highest BCUT2D eigenvalue weighted by molar-refractivity contribution is 6.30. The predicted octanol–water partition coefficient (Wildman–Crippen LogP) is 3.29. The molecule has 0 radical (unpaired) electrons. The first-order chi connectivity index (χ1) is 52.6. The van der Waals surface area contributed by atoms with Crippen LogP contribution in [0.4, 0.5) is 0 Å². The molecule has 0 spiro atoms. The molecule has 0 aliphatic carbocycles. The molecule has 6 aromatic rings. The number of unbranched alkanes of at least 4 members (excludes halogenated alkanes) is 2. The molecule has 4 aromatic carbocycles. The summed E-state index contributed by atoms with van der Waals surface area (Å²) in [5, 5.41) is 51.8. The van der Waals surface area contributed by atoms with Crippen molar-refractivity contribution in [1.82, 2.24) is 72.9 Å². The summed E-state index contributed by atoms with van der Waals surface area (Å²) in [7, 11) is 1.24. The number of nitrogens with two attached hydrogens (primary N) is 1. The molecule has 1 fully saturated rings. The van der Waals surface area contributed by atoms with Gasteiger partial charge in [-0.25, -0.2) is 0 Å². The van der Waals surface area contributed by atoms with Gasteiger partial charge in [0.25, 0.3) is 5.91 Å². The largest absolute Gasteiger partial charge is 0.508 e. The Bertz CT molecular complexity index is 4100. The third kappa shape index (κ3) is 27.3. The molecule has 10 atom stereocenters. The number of likely N-dealkylation sites (N-methyl/N-ethyl adjacent to an activating group) is 1. The summed E-state index contributed by atoms with van der Waals surface area (Å²) in [5.41, 5.74) is 7.87. The van der Waals surface area contributed by atoms with Gasteiger partial charge in [0, 0.05) is 88.6 Å². The van der Waals surface area contributed by atoms with E-state index in [4.69, 9.17) is 17.3 Å². The van der Waals surface area contributed by atoms with E-state index < -0.39 is 138 Å². The number of nitrogens with one attached hydrogen (secondary N) is 10. The Hall–Kier alpha value is -10.9. The average Bonchev–Trinajstić information content (AvgIpc) is 1.49. The number of phenolic OH excluding ortho intramolecular Hbond substituents is 1. The summed E-state index contributed by atoms with van der Waals surface area (Å²) in [6, 6.07) is 18.6. The Morgan fingerprint density at radius 2 is 1.10 bits per heavy atom. The van der Waals surface area contributed by atoms with E-state index in [9.17, 15) is 53.4 Å². The molecule has 3 heterocycles. The standard InChI is InChI=1S/C80H104ClN15O14/c1-48(2)39-63(73(103)90-62(22-11-12-36-85-49(3)4)80(110)96-38-16-23-68(96)77(107)87-50(5)70(82)100)91-72(102)61(21-10-13-37-86-71(101)58-20-15-35-84-46-58)89-78(108)69(44-53-27-32-60(99)33-28-53)95(7)79(109)67(47-97)94-76(106)66(43-55-17-14-34-83-45-55)93-75(105)65(41-52-25-30-59(81)31-26-52)92-74(104)64(88-51(6)98)42-54-24-29-56-18-8-9-19-57(56)40-54/h8-9,14-15,17-20,24-35,40,45-46,48-50,61-69,85,97,99H,10-13,16,21-23,36-39,41-44,47H2,1-7H3,(H2,82,100)(H,86,101)(H,87,107)(H,88,98)(H,89,108)(H,90,103)(H,91,102)(H,92,104)(H,93,105)(H,94,106)/t50-,61-,62-,63-,64+,65-,66+,67-,68+,69-/m0/s1. The molecule has 0 saturated carbocycles. The minimum Gasteiger partial charge on any atom is -0.508 e. The summed E-state index contributed by atoms with van der Waals surface area (Å²) in [5.74, 6) is -9.31. The van der Waals surface area contributed by atoms with E-state index in [1.54, 1.807) is 48.5 Å². The highest BCUT2D eigenvalue weighted by atomic mass is 35.5. The van der Waals surface area contributed by atoms with Gasteiger partial charge in [0.15, 0.2) is 0 Å². The van der Waals surface area contributed by atoms with Crippen LogP contribution >= 0.6 is 11.6 Å². The number of aromatic hydroxyl groups is 1. The van der Waals surface area contributed by atoms with E-state index >= 15 is 14.4 Å². The second kappa shape index (κ2) is 43.3. The van der Waals surface area contributed by atoms with Crippen molar-refractivity contribution in [3.8, 4) is 5.75 Å². The van der Waals surface area contributed by atoms with Crippen LogP contribution in [0.1, 0.15) is 132 Å². The van der Waals surface area contributed by atoms with Crippen molar-refractivity contribution in [3.63, 3.8) is 0 Å². The van der Waals surface area contributed by atoms with Gasteiger partial charge in [-0.05, 0) is 153 Å². The molecule has 14 N–H and O–H groups in total. The topological polar surface area (TPSA) is 424 Å². The van der Waals surface area contributed by atoms with E-state index in [2.05, 4.69) is 63.1 Å². The number of fused-ring (bicyclic) bond motifs is 1. The van der Waals surface area contributed by atoms with Crippen LogP contribution in [0.3, 0.4) is 0 Å². The van der Waals surface area contributed by atoms with Gasteiger partial charge in [0.05, 0.1) is 12.2 Å². The number of likely N-dealkylation sites (tertiary alicyclic amines) is 1. The molecule has 1 aliphatic heterocycles. The Morgan fingerprint density at radius 1 is 0.564 bits per heavy atom. The maximum atomic E-state index is 15.4. The SMILES string of the molecule is CC(=O)N[C@H](Cc1ccc2ccccc2c1)C(=O)N[C@@H](Cc1ccc(Cl)cc1)C(=O)N[C@H](Cc1cccnc1)C(=O)N[C@@H](CO)C(=O)N(C)[C@@H](Cc1ccc(O)cc1)C(=O)N[C@@H](CCCCNC(=O)c1cccnc1)C(=O)N[C@@H](CC(C)C)C(=O)N[C@@H](CCCCNC(C)C)C(=O)N1CCC[C@@H]1C(=O)N[C@@H](C)C(N)=O. The Labute approximate surface area is 645 Å². The van der Waals surface area contributed by atoms with Crippen LogP contribution in [0.2, 0.25) is 5.02 Å². The number of halogens is 1.